The minimum Gasteiger partial charge on any atom is -0.461 e. The summed E-state index contributed by atoms with van der Waals surface area (Å²) in [6, 6.07) is 9.77. The average molecular weight is 906 g/mol. The Hall–Kier alpha value is -3.21. The van der Waals surface area contributed by atoms with Crippen molar-refractivity contribution in [2.75, 3.05) is 39.4 Å². The van der Waals surface area contributed by atoms with E-state index in [2.05, 4.69) is 0 Å². The maximum absolute atomic E-state index is 12.8. The quantitative estimate of drug-likeness (QED) is 0.285. The highest BCUT2D eigenvalue weighted by Gasteiger charge is 2.62. The Morgan fingerprint density at radius 2 is 0.969 bits per heavy atom. The second-order valence-corrected chi connectivity index (χ2v) is 19.7. The van der Waals surface area contributed by atoms with Crippen LogP contribution in [-0.4, -0.2) is 158 Å². The standard InChI is InChI=1S/C27H37NO9.C18H30N2O7/c1-26(2)34-21-19(33-24-23(22(21)35-26)36-27(3,4)37-24)16-32-25(30)28-12-10-17(11-13-28)14-20(29)31-15-18-8-6-5-7-9-18;1-17(2)24-12-11(9-22-16(21)20-7-5-10(19)6-8-20)23-15-14(13(12)25-17)26-18(3,4)27-15/h5-9,17,19,21-24H,10-16H2,1-4H3;10-15H,5-9,19H2,1-4H3/t19-,21+,22+,23-,24-;11-,12+,13+,14-,15-/m11/s1. The van der Waals surface area contributed by atoms with Gasteiger partial charge in [-0.1, -0.05) is 30.3 Å². The van der Waals surface area contributed by atoms with Gasteiger partial charge in [0.2, 0.25) is 0 Å². The van der Waals surface area contributed by atoms with Crippen molar-refractivity contribution in [3.05, 3.63) is 35.9 Å². The smallest absolute Gasteiger partial charge is 0.409 e. The summed E-state index contributed by atoms with van der Waals surface area (Å²) in [4.78, 5) is 40.8. The van der Waals surface area contributed by atoms with E-state index in [1.807, 2.05) is 85.7 Å². The molecule has 0 unspecified atom stereocenters. The van der Waals surface area contributed by atoms with Crippen molar-refractivity contribution in [1.82, 2.24) is 9.80 Å². The lowest BCUT2D eigenvalue weighted by atomic mass is 9.94. The van der Waals surface area contributed by atoms with Gasteiger partial charge in [-0.2, -0.15) is 0 Å². The van der Waals surface area contributed by atoms with E-state index in [9.17, 15) is 14.4 Å². The third-order valence-electron chi connectivity index (χ3n) is 12.6. The number of amides is 2. The number of hydrogen-bond donors (Lipinski definition) is 1. The number of benzene rings is 1. The van der Waals surface area contributed by atoms with Gasteiger partial charge in [-0.25, -0.2) is 9.59 Å². The molecule has 0 aromatic heterocycles. The van der Waals surface area contributed by atoms with Crippen LogP contribution in [-0.2, 0) is 73.0 Å². The van der Waals surface area contributed by atoms with E-state index in [-0.39, 0.29) is 56.1 Å². The number of fused-ring (bicyclic) bond motifs is 6. The summed E-state index contributed by atoms with van der Waals surface area (Å²) in [5.41, 5.74) is 6.85. The van der Waals surface area contributed by atoms with E-state index in [4.69, 9.17) is 67.3 Å². The van der Waals surface area contributed by atoms with Gasteiger partial charge in [-0.05, 0) is 92.6 Å². The molecule has 10 atom stereocenters. The fraction of sp³-hybridized carbons (Fsp3) is 0.800. The van der Waals surface area contributed by atoms with Crippen LogP contribution in [0, 0.1) is 5.92 Å². The van der Waals surface area contributed by atoms with Gasteiger partial charge in [0.1, 0.15) is 68.7 Å². The molecule has 0 radical (unpaired) electrons. The van der Waals surface area contributed by atoms with Crippen LogP contribution in [0.3, 0.4) is 0 Å². The van der Waals surface area contributed by atoms with Gasteiger partial charge in [-0.3, -0.25) is 4.79 Å². The van der Waals surface area contributed by atoms with Crippen LogP contribution in [0.15, 0.2) is 30.3 Å². The summed E-state index contributed by atoms with van der Waals surface area (Å²) in [7, 11) is 0. The predicted molar refractivity (Wildman–Crippen MR) is 222 cm³/mol. The van der Waals surface area contributed by atoms with Gasteiger partial charge in [0.25, 0.3) is 0 Å². The molecule has 0 aliphatic carbocycles. The second kappa shape index (κ2) is 18.8. The third-order valence-corrected chi connectivity index (χ3v) is 12.6. The van der Waals surface area contributed by atoms with Crippen molar-refractivity contribution >= 4 is 18.2 Å². The van der Waals surface area contributed by atoms with Crippen LogP contribution < -0.4 is 5.73 Å². The molecule has 2 N–H and O–H groups in total. The first kappa shape index (κ1) is 47.3. The molecule has 1 aromatic carbocycles. The molecule has 8 aliphatic rings. The molecule has 8 heterocycles. The number of carbonyl (C=O) groups is 3. The number of likely N-dealkylation sites (tertiary alicyclic amines) is 2. The van der Waals surface area contributed by atoms with E-state index in [0.29, 0.717) is 32.6 Å². The summed E-state index contributed by atoms with van der Waals surface area (Å²) in [5.74, 6) is -3.19. The molecule has 0 saturated carbocycles. The minimum absolute atomic E-state index is 0.0121. The fourth-order valence-electron chi connectivity index (χ4n) is 9.58. The number of carbonyl (C=O) groups excluding carboxylic acids is 3. The number of nitrogens with two attached hydrogens (primary N) is 1. The highest BCUT2D eigenvalue weighted by atomic mass is 16.9. The molecular weight excluding hydrogens is 838 g/mol. The number of piperidine rings is 2. The lowest BCUT2D eigenvalue weighted by molar-refractivity contribution is -0.240. The molecule has 1 aromatic rings. The number of ether oxygens (including phenoxy) is 13. The van der Waals surface area contributed by atoms with E-state index in [0.717, 1.165) is 31.2 Å². The molecule has 8 aliphatic heterocycles. The number of nitrogens with zero attached hydrogens (tertiary/aromatic N) is 2. The molecule has 358 valence electrons. The zero-order valence-corrected chi connectivity index (χ0v) is 38.3. The second-order valence-electron chi connectivity index (χ2n) is 19.7. The van der Waals surface area contributed by atoms with Crippen LogP contribution in [0.4, 0.5) is 9.59 Å². The zero-order chi connectivity index (χ0) is 45.6. The Balaban J connectivity index is 0.000000184. The Kier molecular flexibility index (Phi) is 13.9. The first-order chi connectivity index (χ1) is 30.2. The maximum Gasteiger partial charge on any atom is 0.409 e. The van der Waals surface area contributed by atoms with Crippen molar-refractivity contribution in [1.29, 1.82) is 0 Å². The lowest BCUT2D eigenvalue weighted by Gasteiger charge is -2.37. The Labute approximate surface area is 374 Å². The molecule has 19 heteroatoms. The van der Waals surface area contributed by atoms with E-state index < -0.39 is 78.4 Å². The molecule has 0 spiro atoms. The average Bonchev–Trinajstić information content (AvgIpc) is 3.95. The van der Waals surface area contributed by atoms with Crippen molar-refractivity contribution in [3.8, 4) is 0 Å². The van der Waals surface area contributed by atoms with E-state index in [1.165, 1.54) is 0 Å². The molecule has 64 heavy (non-hydrogen) atoms. The lowest BCUT2D eigenvalue weighted by Crippen LogP contribution is -2.56. The summed E-state index contributed by atoms with van der Waals surface area (Å²) in [6.45, 7) is 17.3. The minimum atomic E-state index is -0.809. The van der Waals surface area contributed by atoms with Gasteiger partial charge >= 0.3 is 18.2 Å². The Bertz CT molecular complexity index is 1780. The summed E-state index contributed by atoms with van der Waals surface area (Å²) in [6.07, 6.45) is -2.07. The fourth-order valence-corrected chi connectivity index (χ4v) is 9.58. The highest BCUT2D eigenvalue weighted by molar-refractivity contribution is 5.70. The number of esters is 1. The highest BCUT2D eigenvalue weighted by Crippen LogP contribution is 2.46. The number of rotatable bonds is 8. The molecule has 19 nitrogen and oxygen atoms in total. The summed E-state index contributed by atoms with van der Waals surface area (Å²) < 4.78 is 76.7. The van der Waals surface area contributed by atoms with Crippen LogP contribution >= 0.6 is 0 Å². The predicted octanol–water partition coefficient (Wildman–Crippen LogP) is 4.31. The van der Waals surface area contributed by atoms with Crippen molar-refractivity contribution in [2.45, 2.75) is 185 Å². The number of hydrogen-bond acceptors (Lipinski definition) is 17. The Morgan fingerprint density at radius 1 is 0.562 bits per heavy atom. The van der Waals surface area contributed by atoms with Crippen molar-refractivity contribution < 1.29 is 76.0 Å². The first-order valence-electron chi connectivity index (χ1n) is 22.7. The summed E-state index contributed by atoms with van der Waals surface area (Å²) in [5, 5.41) is 0. The molecule has 8 fully saturated rings. The van der Waals surface area contributed by atoms with Crippen LogP contribution in [0.5, 0.6) is 0 Å². The van der Waals surface area contributed by atoms with Crippen LogP contribution in [0.2, 0.25) is 0 Å². The maximum atomic E-state index is 12.8. The van der Waals surface area contributed by atoms with Gasteiger partial charge in [0.05, 0.1) is 0 Å². The monoisotopic (exact) mass is 905 g/mol. The SMILES string of the molecule is CC1(C)O[C@H]2[C@@H](O1)[C@@H](COC(=O)N1CCC(CC(=O)OCc3ccccc3)CC1)O[C@@H]1OC(C)(C)O[C@@H]12.CC1(C)O[C@H]2[C@@H](O1)[C@@H](COC(=O)N1CCC(N)CC1)O[C@@H]1OC(C)(C)O[C@@H]12. The van der Waals surface area contributed by atoms with Crippen molar-refractivity contribution in [3.63, 3.8) is 0 Å². The first-order valence-corrected chi connectivity index (χ1v) is 22.7. The van der Waals surface area contributed by atoms with Crippen molar-refractivity contribution in [2.24, 2.45) is 11.7 Å². The normalized spacial score (nSPS) is 35.8. The van der Waals surface area contributed by atoms with Crippen LogP contribution in [0.25, 0.3) is 0 Å². The third kappa shape index (κ3) is 11.3. The summed E-state index contributed by atoms with van der Waals surface area (Å²) >= 11 is 0. The van der Waals surface area contributed by atoms with Gasteiger partial charge < -0.3 is 77.1 Å². The molecule has 0 bridgehead atoms. The molecular formula is C45H67N3O16. The van der Waals surface area contributed by atoms with E-state index in [1.54, 1.807) is 9.80 Å². The van der Waals surface area contributed by atoms with Gasteiger partial charge in [0.15, 0.2) is 35.7 Å². The van der Waals surface area contributed by atoms with Gasteiger partial charge in [0, 0.05) is 38.6 Å². The molecule has 8 saturated heterocycles. The van der Waals surface area contributed by atoms with E-state index >= 15 is 0 Å². The zero-order valence-electron chi connectivity index (χ0n) is 38.3. The van der Waals surface area contributed by atoms with Crippen LogP contribution in [0.1, 0.15) is 93.1 Å². The Morgan fingerprint density at radius 3 is 1.44 bits per heavy atom. The van der Waals surface area contributed by atoms with Gasteiger partial charge in [-0.15, -0.1) is 0 Å². The largest absolute Gasteiger partial charge is 0.461 e. The molecule has 2 amide bonds. The molecule has 9 rings (SSSR count). The topological polar surface area (TPSA) is 204 Å².